The van der Waals surface area contributed by atoms with E-state index in [1.165, 1.54) is 44.2 Å². The van der Waals surface area contributed by atoms with E-state index in [0.29, 0.717) is 12.0 Å². The lowest BCUT2D eigenvalue weighted by atomic mass is 9.76. The van der Waals surface area contributed by atoms with Crippen LogP contribution in [0.15, 0.2) is 24.3 Å². The summed E-state index contributed by atoms with van der Waals surface area (Å²) in [4.78, 5) is 0. The molecule has 2 nitrogen and oxygen atoms in total. The van der Waals surface area contributed by atoms with Crippen molar-refractivity contribution in [1.82, 2.24) is 5.32 Å². The van der Waals surface area contributed by atoms with Crippen molar-refractivity contribution < 1.29 is 9.50 Å². The maximum atomic E-state index is 12.8. The van der Waals surface area contributed by atoms with Gasteiger partial charge in [-0.2, -0.15) is 0 Å². The van der Waals surface area contributed by atoms with Crippen molar-refractivity contribution in [2.24, 2.45) is 5.41 Å². The minimum atomic E-state index is -0.562. The van der Waals surface area contributed by atoms with Gasteiger partial charge < -0.3 is 10.4 Å². The Hall–Kier alpha value is -0.930. The van der Waals surface area contributed by atoms with Crippen LogP contribution in [0, 0.1) is 11.2 Å². The summed E-state index contributed by atoms with van der Waals surface area (Å²) in [5, 5.41) is 13.4. The molecule has 0 bridgehead atoms. The second kappa shape index (κ2) is 6.49. The number of benzene rings is 1. The first kappa shape index (κ1) is 14.5. The molecule has 3 heteroatoms. The van der Waals surface area contributed by atoms with Crippen molar-refractivity contribution in [2.75, 3.05) is 13.1 Å². The van der Waals surface area contributed by atoms with Gasteiger partial charge in [-0.15, -0.1) is 0 Å². The van der Waals surface area contributed by atoms with Gasteiger partial charge in [-0.25, -0.2) is 4.39 Å². The molecular weight excluding hydrogens is 241 g/mol. The number of aliphatic hydroxyl groups excluding tert-OH is 1. The lowest BCUT2D eigenvalue weighted by molar-refractivity contribution is 0.155. The summed E-state index contributed by atoms with van der Waals surface area (Å²) in [6, 6.07) is 6.07. The van der Waals surface area contributed by atoms with Gasteiger partial charge >= 0.3 is 0 Å². The first-order valence-electron chi connectivity index (χ1n) is 7.23. The summed E-state index contributed by atoms with van der Waals surface area (Å²) in [5.74, 6) is -0.265. The molecule has 1 aliphatic rings. The lowest BCUT2D eigenvalue weighted by Crippen LogP contribution is -2.35. The number of hydrogen-bond donors (Lipinski definition) is 2. The molecular formula is C16H24FNO. The Labute approximate surface area is 115 Å². The first-order chi connectivity index (χ1) is 9.09. The van der Waals surface area contributed by atoms with E-state index in [4.69, 9.17) is 0 Å². The van der Waals surface area contributed by atoms with Crippen LogP contribution in [-0.4, -0.2) is 18.2 Å². The minimum Gasteiger partial charge on any atom is -0.387 e. The quantitative estimate of drug-likeness (QED) is 0.855. The fourth-order valence-electron chi connectivity index (χ4n) is 2.90. The predicted molar refractivity (Wildman–Crippen MR) is 75.4 cm³/mol. The molecule has 19 heavy (non-hydrogen) atoms. The molecule has 1 aromatic rings. The summed E-state index contributed by atoms with van der Waals surface area (Å²) in [5.41, 5.74) is 1.14. The van der Waals surface area contributed by atoms with E-state index in [1.807, 2.05) is 0 Å². The predicted octanol–water partition coefficient (Wildman–Crippen LogP) is 3.42. The second-order valence-corrected chi connectivity index (χ2v) is 6.07. The number of rotatable bonds is 5. The Bertz CT molecular complexity index is 384. The van der Waals surface area contributed by atoms with Gasteiger partial charge in [-0.05, 0) is 36.0 Å². The van der Waals surface area contributed by atoms with Gasteiger partial charge in [0.15, 0.2) is 0 Å². The van der Waals surface area contributed by atoms with Crippen LogP contribution in [-0.2, 0) is 0 Å². The number of halogens is 1. The molecule has 0 radical (unpaired) electrons. The Morgan fingerprint density at radius 3 is 2.47 bits per heavy atom. The third-order valence-corrected chi connectivity index (χ3v) is 4.20. The average Bonchev–Trinajstić information content (AvgIpc) is 2.40. The molecule has 0 heterocycles. The Morgan fingerprint density at radius 2 is 1.84 bits per heavy atom. The molecule has 0 amide bonds. The zero-order valence-corrected chi connectivity index (χ0v) is 11.7. The topological polar surface area (TPSA) is 32.3 Å². The van der Waals surface area contributed by atoms with Crippen LogP contribution in [0.4, 0.5) is 4.39 Å². The molecule has 106 valence electrons. The zero-order chi connectivity index (χ0) is 13.7. The fourth-order valence-corrected chi connectivity index (χ4v) is 2.90. The van der Waals surface area contributed by atoms with Gasteiger partial charge in [0.2, 0.25) is 0 Å². The fraction of sp³-hybridized carbons (Fsp3) is 0.625. The standard InChI is InChI=1S/C16H24FNO/c1-16(9-3-2-4-10-16)12-18-11-15(19)13-5-7-14(17)8-6-13/h5-8,15,18-19H,2-4,9-12H2,1H3. The highest BCUT2D eigenvalue weighted by Crippen LogP contribution is 2.34. The van der Waals surface area contributed by atoms with E-state index in [0.717, 1.165) is 12.1 Å². The Morgan fingerprint density at radius 1 is 1.21 bits per heavy atom. The molecule has 1 saturated carbocycles. The molecule has 1 unspecified atom stereocenters. The summed E-state index contributed by atoms with van der Waals surface area (Å²) < 4.78 is 12.8. The zero-order valence-electron chi connectivity index (χ0n) is 11.7. The number of aliphatic hydroxyl groups is 1. The van der Waals surface area contributed by atoms with E-state index >= 15 is 0 Å². The SMILES string of the molecule is CC1(CNCC(O)c2ccc(F)cc2)CCCCC1. The van der Waals surface area contributed by atoms with E-state index in [-0.39, 0.29) is 5.82 Å². The van der Waals surface area contributed by atoms with Crippen molar-refractivity contribution >= 4 is 0 Å². The van der Waals surface area contributed by atoms with E-state index < -0.39 is 6.10 Å². The van der Waals surface area contributed by atoms with E-state index in [2.05, 4.69) is 12.2 Å². The van der Waals surface area contributed by atoms with Crippen LogP contribution < -0.4 is 5.32 Å². The molecule has 0 aliphatic heterocycles. The maximum absolute atomic E-state index is 12.8. The van der Waals surface area contributed by atoms with E-state index in [1.54, 1.807) is 12.1 Å². The van der Waals surface area contributed by atoms with Crippen LogP contribution in [0.3, 0.4) is 0 Å². The Kier molecular flexibility index (Phi) is 4.94. The van der Waals surface area contributed by atoms with Gasteiger partial charge in [0.1, 0.15) is 5.82 Å². The van der Waals surface area contributed by atoms with Crippen LogP contribution in [0.5, 0.6) is 0 Å². The molecule has 0 spiro atoms. The molecule has 1 aliphatic carbocycles. The van der Waals surface area contributed by atoms with Crippen molar-refractivity contribution in [2.45, 2.75) is 45.1 Å². The smallest absolute Gasteiger partial charge is 0.123 e. The molecule has 2 N–H and O–H groups in total. The lowest BCUT2D eigenvalue weighted by Gasteiger charge is -2.34. The largest absolute Gasteiger partial charge is 0.387 e. The minimum absolute atomic E-state index is 0.265. The van der Waals surface area contributed by atoms with Crippen LogP contribution >= 0.6 is 0 Å². The van der Waals surface area contributed by atoms with Gasteiger partial charge in [0.25, 0.3) is 0 Å². The summed E-state index contributed by atoms with van der Waals surface area (Å²) >= 11 is 0. The van der Waals surface area contributed by atoms with Crippen LogP contribution in [0.2, 0.25) is 0 Å². The van der Waals surface area contributed by atoms with Crippen molar-refractivity contribution in [3.63, 3.8) is 0 Å². The number of hydrogen-bond acceptors (Lipinski definition) is 2. The summed E-state index contributed by atoms with van der Waals surface area (Å²) in [6.45, 7) is 3.80. The first-order valence-corrected chi connectivity index (χ1v) is 7.23. The number of nitrogens with one attached hydrogen (secondary N) is 1. The normalized spacial score (nSPS) is 20.2. The highest BCUT2D eigenvalue weighted by Gasteiger charge is 2.26. The molecule has 0 saturated heterocycles. The summed E-state index contributed by atoms with van der Waals surface area (Å²) in [6.07, 6.45) is 5.97. The maximum Gasteiger partial charge on any atom is 0.123 e. The molecule has 1 fully saturated rings. The van der Waals surface area contributed by atoms with Crippen LogP contribution in [0.25, 0.3) is 0 Å². The highest BCUT2D eigenvalue weighted by atomic mass is 19.1. The van der Waals surface area contributed by atoms with Crippen molar-refractivity contribution in [1.29, 1.82) is 0 Å². The monoisotopic (exact) mass is 265 g/mol. The van der Waals surface area contributed by atoms with Gasteiger partial charge in [0.05, 0.1) is 6.10 Å². The summed E-state index contributed by atoms with van der Waals surface area (Å²) in [7, 11) is 0. The highest BCUT2D eigenvalue weighted by molar-refractivity contribution is 5.18. The third kappa shape index (κ3) is 4.29. The molecule has 0 aromatic heterocycles. The van der Waals surface area contributed by atoms with Crippen molar-refractivity contribution in [3.05, 3.63) is 35.6 Å². The molecule has 1 aromatic carbocycles. The van der Waals surface area contributed by atoms with Crippen LogP contribution in [0.1, 0.15) is 50.7 Å². The van der Waals surface area contributed by atoms with Crippen molar-refractivity contribution in [3.8, 4) is 0 Å². The third-order valence-electron chi connectivity index (χ3n) is 4.20. The molecule has 1 atom stereocenters. The Balaban J connectivity index is 1.77. The molecule has 2 rings (SSSR count). The van der Waals surface area contributed by atoms with E-state index in [9.17, 15) is 9.50 Å². The average molecular weight is 265 g/mol. The van der Waals surface area contributed by atoms with Gasteiger partial charge in [-0.1, -0.05) is 38.3 Å². The van der Waals surface area contributed by atoms with Gasteiger partial charge in [-0.3, -0.25) is 0 Å². The van der Waals surface area contributed by atoms with Gasteiger partial charge in [0, 0.05) is 13.1 Å². The second-order valence-electron chi connectivity index (χ2n) is 6.07.